The van der Waals surface area contributed by atoms with Gasteiger partial charge in [0.15, 0.2) is 6.10 Å². The molecule has 1 atom stereocenters. The van der Waals surface area contributed by atoms with E-state index in [4.69, 9.17) is 10.8 Å². The summed E-state index contributed by atoms with van der Waals surface area (Å²) in [7, 11) is 0. The summed E-state index contributed by atoms with van der Waals surface area (Å²) in [5.74, 6) is -0.940. The van der Waals surface area contributed by atoms with E-state index in [1.54, 1.807) is 0 Å². The van der Waals surface area contributed by atoms with E-state index in [1.165, 1.54) is 13.8 Å². The van der Waals surface area contributed by atoms with Crippen molar-refractivity contribution < 1.29 is 9.90 Å². The molecule has 1 unspecified atom stereocenters. The molecule has 0 fully saturated rings. The zero-order chi connectivity index (χ0) is 8.36. The van der Waals surface area contributed by atoms with E-state index in [1.807, 2.05) is 0 Å². The van der Waals surface area contributed by atoms with Crippen molar-refractivity contribution in [1.29, 1.82) is 0 Å². The molecule has 0 aromatic rings. The second-order valence-corrected chi connectivity index (χ2v) is 2.55. The maximum absolute atomic E-state index is 10.3. The third-order valence-electron chi connectivity index (χ3n) is 1.17. The number of primary amides is 1. The van der Waals surface area contributed by atoms with Crippen molar-refractivity contribution in [3.05, 3.63) is 4.91 Å². The number of nitrogens with two attached hydrogens (primary N) is 1. The van der Waals surface area contributed by atoms with Crippen molar-refractivity contribution in [2.45, 2.75) is 25.5 Å². The molecule has 5 heteroatoms. The SMILES string of the molecule is CC(C)(N=O)C(O)C(N)=O. The highest BCUT2D eigenvalue weighted by Gasteiger charge is 2.33. The van der Waals surface area contributed by atoms with E-state index >= 15 is 0 Å². The lowest BCUT2D eigenvalue weighted by molar-refractivity contribution is -0.128. The number of hydrogen-bond acceptors (Lipinski definition) is 4. The molecule has 0 spiro atoms. The van der Waals surface area contributed by atoms with Crippen LogP contribution in [0.15, 0.2) is 5.18 Å². The number of hydrogen-bond donors (Lipinski definition) is 2. The number of carbonyl (C=O) groups is 1. The number of carbonyl (C=O) groups excluding carboxylic acids is 1. The third kappa shape index (κ3) is 1.77. The molecule has 0 aromatic carbocycles. The van der Waals surface area contributed by atoms with E-state index < -0.39 is 17.6 Å². The lowest BCUT2D eigenvalue weighted by Crippen LogP contribution is -2.44. The van der Waals surface area contributed by atoms with E-state index in [2.05, 4.69) is 5.18 Å². The van der Waals surface area contributed by atoms with Gasteiger partial charge >= 0.3 is 0 Å². The molecule has 0 bridgehead atoms. The Morgan fingerprint density at radius 1 is 1.70 bits per heavy atom. The van der Waals surface area contributed by atoms with Crippen molar-refractivity contribution in [2.75, 3.05) is 0 Å². The van der Waals surface area contributed by atoms with Crippen molar-refractivity contribution in [3.8, 4) is 0 Å². The Morgan fingerprint density at radius 3 is 2.20 bits per heavy atom. The summed E-state index contributed by atoms with van der Waals surface area (Å²) < 4.78 is 0. The largest absolute Gasteiger partial charge is 0.381 e. The summed E-state index contributed by atoms with van der Waals surface area (Å²) in [4.78, 5) is 20.2. The average molecular weight is 146 g/mol. The van der Waals surface area contributed by atoms with Gasteiger partial charge in [0.25, 0.3) is 0 Å². The molecule has 58 valence electrons. The molecule has 0 aliphatic carbocycles. The van der Waals surface area contributed by atoms with Gasteiger partial charge in [-0.25, -0.2) is 0 Å². The first-order chi connectivity index (χ1) is 4.41. The molecule has 0 radical (unpaired) electrons. The molecule has 1 amide bonds. The number of aliphatic hydroxyl groups excluding tert-OH is 1. The van der Waals surface area contributed by atoms with Gasteiger partial charge in [-0.05, 0) is 13.8 Å². The van der Waals surface area contributed by atoms with Crippen molar-refractivity contribution in [3.63, 3.8) is 0 Å². The van der Waals surface area contributed by atoms with Crippen molar-refractivity contribution in [1.82, 2.24) is 0 Å². The second-order valence-electron chi connectivity index (χ2n) is 2.55. The highest BCUT2D eigenvalue weighted by molar-refractivity contribution is 5.80. The first-order valence-electron chi connectivity index (χ1n) is 2.73. The fraction of sp³-hybridized carbons (Fsp3) is 0.800. The standard InChI is InChI=1S/C5H10N2O3/c1-5(2,7-10)3(8)4(6)9/h3,8H,1-2H3,(H2,6,9). The highest BCUT2D eigenvalue weighted by Crippen LogP contribution is 2.13. The van der Waals surface area contributed by atoms with Crippen LogP contribution in [0.2, 0.25) is 0 Å². The molecule has 0 aliphatic heterocycles. The van der Waals surface area contributed by atoms with Gasteiger partial charge in [-0.15, -0.1) is 0 Å². The number of rotatable bonds is 3. The molecule has 3 N–H and O–H groups in total. The van der Waals surface area contributed by atoms with Gasteiger partial charge in [0.1, 0.15) is 5.54 Å². The van der Waals surface area contributed by atoms with Gasteiger partial charge in [0.2, 0.25) is 5.91 Å². The fourth-order valence-corrected chi connectivity index (χ4v) is 0.398. The summed E-state index contributed by atoms with van der Waals surface area (Å²) in [6.07, 6.45) is -1.51. The Morgan fingerprint density at radius 2 is 2.10 bits per heavy atom. The molecular weight excluding hydrogens is 136 g/mol. The molecule has 0 rings (SSSR count). The van der Waals surface area contributed by atoms with E-state index in [0.717, 1.165) is 0 Å². The Balaban J connectivity index is 4.31. The predicted octanol–water partition coefficient (Wildman–Crippen LogP) is -0.622. The van der Waals surface area contributed by atoms with Crippen LogP contribution < -0.4 is 5.73 Å². The molecule has 0 aliphatic rings. The van der Waals surface area contributed by atoms with Crippen LogP contribution in [0.5, 0.6) is 0 Å². The zero-order valence-electron chi connectivity index (χ0n) is 5.87. The molecule has 0 aromatic heterocycles. The van der Waals surface area contributed by atoms with Crippen molar-refractivity contribution in [2.24, 2.45) is 10.9 Å². The summed E-state index contributed by atoms with van der Waals surface area (Å²) in [5.41, 5.74) is 3.38. The van der Waals surface area contributed by atoms with Crippen LogP contribution in [0.1, 0.15) is 13.8 Å². The predicted molar refractivity (Wildman–Crippen MR) is 35.1 cm³/mol. The van der Waals surface area contributed by atoms with Gasteiger partial charge in [-0.1, -0.05) is 5.18 Å². The molecule has 0 saturated carbocycles. The van der Waals surface area contributed by atoms with Gasteiger partial charge in [-0.3, -0.25) is 4.79 Å². The lowest BCUT2D eigenvalue weighted by atomic mass is 9.99. The Labute approximate surface area is 58.2 Å². The van der Waals surface area contributed by atoms with Crippen LogP contribution in [0.3, 0.4) is 0 Å². The summed E-state index contributed by atoms with van der Waals surface area (Å²) >= 11 is 0. The summed E-state index contributed by atoms with van der Waals surface area (Å²) in [5, 5.41) is 11.4. The van der Waals surface area contributed by atoms with Crippen LogP contribution in [0.25, 0.3) is 0 Å². The fourth-order valence-electron chi connectivity index (χ4n) is 0.398. The Hall–Kier alpha value is -0.970. The van der Waals surface area contributed by atoms with Gasteiger partial charge in [0, 0.05) is 0 Å². The first kappa shape index (κ1) is 9.03. The monoisotopic (exact) mass is 146 g/mol. The first-order valence-corrected chi connectivity index (χ1v) is 2.73. The molecule has 5 nitrogen and oxygen atoms in total. The minimum atomic E-state index is -1.51. The van der Waals surface area contributed by atoms with E-state index in [-0.39, 0.29) is 0 Å². The third-order valence-corrected chi connectivity index (χ3v) is 1.17. The van der Waals surface area contributed by atoms with Gasteiger partial charge in [0.05, 0.1) is 0 Å². The number of nitrogens with zero attached hydrogens (tertiary/aromatic N) is 1. The number of aliphatic hydroxyl groups is 1. The Bertz CT molecular complexity index is 155. The maximum Gasteiger partial charge on any atom is 0.248 e. The molecule has 0 saturated heterocycles. The Kier molecular flexibility index (Phi) is 2.48. The van der Waals surface area contributed by atoms with Gasteiger partial charge < -0.3 is 10.8 Å². The minimum Gasteiger partial charge on any atom is -0.381 e. The second kappa shape index (κ2) is 2.74. The number of amides is 1. The van der Waals surface area contributed by atoms with E-state index in [0.29, 0.717) is 0 Å². The van der Waals surface area contributed by atoms with Crippen molar-refractivity contribution >= 4 is 5.91 Å². The van der Waals surface area contributed by atoms with E-state index in [9.17, 15) is 9.70 Å². The zero-order valence-corrected chi connectivity index (χ0v) is 5.87. The maximum atomic E-state index is 10.3. The van der Waals surface area contributed by atoms with Crippen LogP contribution in [0, 0.1) is 4.91 Å². The van der Waals surface area contributed by atoms with Gasteiger partial charge in [-0.2, -0.15) is 4.91 Å². The quantitative estimate of drug-likeness (QED) is 0.519. The highest BCUT2D eigenvalue weighted by atomic mass is 16.3. The van der Waals surface area contributed by atoms with Crippen LogP contribution >= 0.6 is 0 Å². The molecule has 0 heterocycles. The number of nitroso groups, excluding NO2 is 1. The smallest absolute Gasteiger partial charge is 0.248 e. The average Bonchev–Trinajstić information content (AvgIpc) is 1.86. The molecular formula is C5H10N2O3. The summed E-state index contributed by atoms with van der Waals surface area (Å²) in [6, 6.07) is 0. The minimum absolute atomic E-state index is 0.940. The normalized spacial score (nSPS) is 14.3. The summed E-state index contributed by atoms with van der Waals surface area (Å²) in [6.45, 7) is 2.66. The lowest BCUT2D eigenvalue weighted by Gasteiger charge is -2.18. The van der Waals surface area contributed by atoms with Crippen LogP contribution in [0.4, 0.5) is 0 Å². The van der Waals surface area contributed by atoms with Crippen LogP contribution in [-0.2, 0) is 4.79 Å². The topological polar surface area (TPSA) is 92.8 Å². The van der Waals surface area contributed by atoms with Crippen LogP contribution in [-0.4, -0.2) is 22.7 Å². The molecule has 10 heavy (non-hydrogen) atoms.